The second kappa shape index (κ2) is 2.81. The Labute approximate surface area is 66.4 Å². The predicted molar refractivity (Wildman–Crippen MR) is 40.4 cm³/mol. The van der Waals surface area contributed by atoms with Gasteiger partial charge in [0.05, 0.1) is 11.5 Å². The lowest BCUT2D eigenvalue weighted by molar-refractivity contribution is -0.166. The summed E-state index contributed by atoms with van der Waals surface area (Å²) >= 11 is 0. The minimum absolute atomic E-state index is 0.159. The highest BCUT2D eigenvalue weighted by Gasteiger charge is 2.49. The van der Waals surface area contributed by atoms with E-state index in [1.807, 2.05) is 6.92 Å². The molecule has 0 aromatic rings. The van der Waals surface area contributed by atoms with Crippen LogP contribution in [0.25, 0.3) is 0 Å². The molecule has 3 heteroatoms. The zero-order valence-electron chi connectivity index (χ0n) is 6.96. The van der Waals surface area contributed by atoms with Gasteiger partial charge in [0, 0.05) is 7.11 Å². The molecule has 1 fully saturated rings. The first-order chi connectivity index (χ1) is 5.13. The van der Waals surface area contributed by atoms with Gasteiger partial charge < -0.3 is 9.84 Å². The molecule has 0 aromatic carbocycles. The number of hydrogen-bond donors (Lipinski definition) is 1. The Bertz CT molecular complexity index is 161. The van der Waals surface area contributed by atoms with Gasteiger partial charge in [-0.1, -0.05) is 6.42 Å². The van der Waals surface area contributed by atoms with Gasteiger partial charge in [0.15, 0.2) is 0 Å². The number of ether oxygens (including phenoxy) is 1. The van der Waals surface area contributed by atoms with Gasteiger partial charge in [-0.2, -0.15) is 0 Å². The van der Waals surface area contributed by atoms with E-state index in [0.717, 1.165) is 19.3 Å². The number of hydrogen-bond acceptors (Lipinski definition) is 2. The third kappa shape index (κ3) is 1.13. The fourth-order valence-electron chi connectivity index (χ4n) is 1.58. The normalized spacial score (nSPS) is 23.8. The maximum Gasteiger partial charge on any atom is 0.312 e. The average Bonchev–Trinajstić information content (AvgIpc) is 1.84. The van der Waals surface area contributed by atoms with Crippen molar-refractivity contribution in [1.82, 2.24) is 0 Å². The Morgan fingerprint density at radius 2 is 2.18 bits per heavy atom. The van der Waals surface area contributed by atoms with Crippen molar-refractivity contribution >= 4 is 5.97 Å². The van der Waals surface area contributed by atoms with E-state index in [1.54, 1.807) is 7.11 Å². The minimum atomic E-state index is -0.710. The molecule has 1 aliphatic rings. The van der Waals surface area contributed by atoms with E-state index >= 15 is 0 Å². The molecule has 0 heterocycles. The summed E-state index contributed by atoms with van der Waals surface area (Å²) in [7, 11) is 1.56. The van der Waals surface area contributed by atoms with E-state index in [1.165, 1.54) is 0 Å². The summed E-state index contributed by atoms with van der Waals surface area (Å²) in [6.45, 7) is 1.83. The van der Waals surface area contributed by atoms with Crippen LogP contribution >= 0.6 is 0 Å². The Hall–Kier alpha value is -0.570. The number of carbonyl (C=O) groups is 1. The molecule has 0 aromatic heterocycles. The Morgan fingerprint density at radius 3 is 2.27 bits per heavy atom. The minimum Gasteiger partial charge on any atom is -0.481 e. The molecule has 1 aliphatic carbocycles. The SMILES string of the molecule is CO[C@@H](C)C1(C(=O)O)CCC1. The summed E-state index contributed by atoms with van der Waals surface area (Å²) in [5.74, 6) is -0.710. The highest BCUT2D eigenvalue weighted by atomic mass is 16.5. The lowest BCUT2D eigenvalue weighted by atomic mass is 9.65. The van der Waals surface area contributed by atoms with Crippen LogP contribution in [0.1, 0.15) is 26.2 Å². The zero-order chi connectivity index (χ0) is 8.48. The zero-order valence-corrected chi connectivity index (χ0v) is 6.96. The summed E-state index contributed by atoms with van der Waals surface area (Å²) in [6, 6.07) is 0. The number of rotatable bonds is 3. The van der Waals surface area contributed by atoms with Crippen LogP contribution < -0.4 is 0 Å². The number of carboxylic acids is 1. The molecule has 0 unspecified atom stereocenters. The highest BCUT2D eigenvalue weighted by molar-refractivity contribution is 5.76. The molecular formula is C8H14O3. The summed E-state index contributed by atoms with van der Waals surface area (Å²) in [4.78, 5) is 10.8. The van der Waals surface area contributed by atoms with Crippen LogP contribution in [0.15, 0.2) is 0 Å². The van der Waals surface area contributed by atoms with Gasteiger partial charge >= 0.3 is 5.97 Å². The molecule has 11 heavy (non-hydrogen) atoms. The number of carboxylic acid groups (broad SMARTS) is 1. The van der Waals surface area contributed by atoms with Crippen LogP contribution in [0.5, 0.6) is 0 Å². The molecule has 0 saturated heterocycles. The van der Waals surface area contributed by atoms with E-state index in [9.17, 15) is 4.79 Å². The molecule has 1 N–H and O–H groups in total. The van der Waals surface area contributed by atoms with Gasteiger partial charge in [0.1, 0.15) is 0 Å². The smallest absolute Gasteiger partial charge is 0.312 e. The van der Waals surface area contributed by atoms with E-state index in [2.05, 4.69) is 0 Å². The van der Waals surface area contributed by atoms with E-state index in [0.29, 0.717) is 0 Å². The van der Waals surface area contributed by atoms with E-state index < -0.39 is 11.4 Å². The van der Waals surface area contributed by atoms with Crippen LogP contribution in [0.3, 0.4) is 0 Å². The van der Waals surface area contributed by atoms with Crippen molar-refractivity contribution in [2.45, 2.75) is 32.3 Å². The van der Waals surface area contributed by atoms with Gasteiger partial charge in [-0.3, -0.25) is 4.79 Å². The summed E-state index contributed by atoms with van der Waals surface area (Å²) in [5.41, 5.74) is -0.575. The maximum absolute atomic E-state index is 10.8. The van der Waals surface area contributed by atoms with Gasteiger partial charge in [0.2, 0.25) is 0 Å². The first-order valence-electron chi connectivity index (χ1n) is 3.89. The lowest BCUT2D eigenvalue weighted by Gasteiger charge is -2.41. The Morgan fingerprint density at radius 1 is 1.64 bits per heavy atom. The van der Waals surface area contributed by atoms with E-state index in [4.69, 9.17) is 9.84 Å². The largest absolute Gasteiger partial charge is 0.481 e. The summed E-state index contributed by atoms with van der Waals surface area (Å²) < 4.78 is 5.04. The summed E-state index contributed by atoms with van der Waals surface area (Å²) in [5, 5.41) is 8.91. The van der Waals surface area contributed by atoms with Crippen LogP contribution in [-0.2, 0) is 9.53 Å². The van der Waals surface area contributed by atoms with Crippen LogP contribution in [0, 0.1) is 5.41 Å². The molecule has 3 nitrogen and oxygen atoms in total. The Kier molecular flexibility index (Phi) is 2.18. The highest BCUT2D eigenvalue weighted by Crippen LogP contribution is 2.45. The van der Waals surface area contributed by atoms with Crippen molar-refractivity contribution in [2.75, 3.05) is 7.11 Å². The fraction of sp³-hybridized carbons (Fsp3) is 0.875. The third-order valence-electron chi connectivity index (χ3n) is 2.80. The topological polar surface area (TPSA) is 46.5 Å². The van der Waals surface area contributed by atoms with Crippen molar-refractivity contribution in [2.24, 2.45) is 5.41 Å². The molecule has 1 atom stereocenters. The molecule has 0 spiro atoms. The van der Waals surface area contributed by atoms with Gasteiger partial charge in [0.25, 0.3) is 0 Å². The number of methoxy groups -OCH3 is 1. The third-order valence-corrected chi connectivity index (χ3v) is 2.80. The molecule has 1 rings (SSSR count). The van der Waals surface area contributed by atoms with Crippen molar-refractivity contribution in [3.8, 4) is 0 Å². The monoisotopic (exact) mass is 158 g/mol. The standard InChI is InChI=1S/C8H14O3/c1-6(11-2)8(7(9)10)4-3-5-8/h6H,3-5H2,1-2H3,(H,9,10)/t6-/m0/s1. The van der Waals surface area contributed by atoms with Crippen molar-refractivity contribution in [1.29, 1.82) is 0 Å². The molecule has 1 saturated carbocycles. The first-order valence-corrected chi connectivity index (χ1v) is 3.89. The number of aliphatic carboxylic acids is 1. The molecule has 0 radical (unpaired) electrons. The van der Waals surface area contributed by atoms with Gasteiger partial charge in [-0.15, -0.1) is 0 Å². The van der Waals surface area contributed by atoms with Crippen molar-refractivity contribution in [3.05, 3.63) is 0 Å². The molecular weight excluding hydrogens is 144 g/mol. The second-order valence-corrected chi connectivity index (χ2v) is 3.19. The molecule has 0 aliphatic heterocycles. The predicted octanol–water partition coefficient (Wildman–Crippen LogP) is 1.28. The van der Waals surface area contributed by atoms with Gasteiger partial charge in [-0.05, 0) is 19.8 Å². The first kappa shape index (κ1) is 8.53. The second-order valence-electron chi connectivity index (χ2n) is 3.19. The van der Waals surface area contributed by atoms with Gasteiger partial charge in [-0.25, -0.2) is 0 Å². The average molecular weight is 158 g/mol. The van der Waals surface area contributed by atoms with Crippen LogP contribution in [0.2, 0.25) is 0 Å². The quantitative estimate of drug-likeness (QED) is 0.673. The van der Waals surface area contributed by atoms with Crippen LogP contribution in [0.4, 0.5) is 0 Å². The summed E-state index contributed by atoms with van der Waals surface area (Å²) in [6.07, 6.45) is 2.38. The molecule has 64 valence electrons. The lowest BCUT2D eigenvalue weighted by Crippen LogP contribution is -2.47. The molecule has 0 bridgehead atoms. The van der Waals surface area contributed by atoms with Crippen molar-refractivity contribution < 1.29 is 14.6 Å². The Balaban J connectivity index is 2.67. The fourth-order valence-corrected chi connectivity index (χ4v) is 1.58. The van der Waals surface area contributed by atoms with E-state index in [-0.39, 0.29) is 6.10 Å². The van der Waals surface area contributed by atoms with Crippen LogP contribution in [-0.4, -0.2) is 24.3 Å². The van der Waals surface area contributed by atoms with Crippen molar-refractivity contribution in [3.63, 3.8) is 0 Å². The maximum atomic E-state index is 10.8. The molecule has 0 amide bonds.